The van der Waals surface area contributed by atoms with Crippen molar-refractivity contribution in [2.24, 2.45) is 0 Å². The maximum atomic E-state index is 11.8. The number of amides is 1. The standard InChI is InChI=1S/C15H16N2O/c1-10-3-4-12(11(2)7-10)8-13(9-16)15(18)17-14-5-6-14/h3-4,7-8,14H,5-6H2,1-2H3,(H,17,18)/b13-8+. The second-order valence-corrected chi connectivity index (χ2v) is 4.78. The van der Waals surface area contributed by atoms with Crippen molar-refractivity contribution < 1.29 is 4.79 Å². The third-order valence-electron chi connectivity index (χ3n) is 3.00. The van der Waals surface area contributed by atoms with Crippen LogP contribution in [0.3, 0.4) is 0 Å². The Morgan fingerprint density at radius 2 is 2.17 bits per heavy atom. The molecule has 0 unspecified atom stereocenters. The van der Waals surface area contributed by atoms with E-state index >= 15 is 0 Å². The van der Waals surface area contributed by atoms with Gasteiger partial charge in [-0.1, -0.05) is 23.8 Å². The second kappa shape index (κ2) is 5.05. The van der Waals surface area contributed by atoms with Gasteiger partial charge in [-0.05, 0) is 43.9 Å². The molecule has 1 amide bonds. The lowest BCUT2D eigenvalue weighted by Crippen LogP contribution is -2.26. The van der Waals surface area contributed by atoms with E-state index in [1.807, 2.05) is 38.1 Å². The van der Waals surface area contributed by atoms with E-state index in [9.17, 15) is 4.79 Å². The molecule has 3 nitrogen and oxygen atoms in total. The Balaban J connectivity index is 2.22. The van der Waals surface area contributed by atoms with Crippen LogP contribution in [0.4, 0.5) is 0 Å². The molecule has 1 aromatic carbocycles. The minimum atomic E-state index is -0.264. The predicted molar refractivity (Wildman–Crippen MR) is 70.7 cm³/mol. The Bertz CT molecular complexity index is 548. The van der Waals surface area contributed by atoms with Crippen LogP contribution in [0.25, 0.3) is 6.08 Å². The lowest BCUT2D eigenvalue weighted by Gasteiger charge is -2.04. The molecule has 0 atom stereocenters. The van der Waals surface area contributed by atoms with Crippen LogP contribution < -0.4 is 5.32 Å². The highest BCUT2D eigenvalue weighted by molar-refractivity contribution is 6.02. The summed E-state index contributed by atoms with van der Waals surface area (Å²) >= 11 is 0. The molecule has 0 bridgehead atoms. The van der Waals surface area contributed by atoms with E-state index in [0.717, 1.165) is 24.0 Å². The van der Waals surface area contributed by atoms with Gasteiger partial charge in [0, 0.05) is 6.04 Å². The molecule has 1 saturated carbocycles. The summed E-state index contributed by atoms with van der Waals surface area (Å²) in [6.07, 6.45) is 3.70. The van der Waals surface area contributed by atoms with Gasteiger partial charge < -0.3 is 5.32 Å². The van der Waals surface area contributed by atoms with Gasteiger partial charge in [-0.15, -0.1) is 0 Å². The summed E-state index contributed by atoms with van der Waals surface area (Å²) in [4.78, 5) is 11.8. The van der Waals surface area contributed by atoms with E-state index in [4.69, 9.17) is 5.26 Å². The topological polar surface area (TPSA) is 52.9 Å². The summed E-state index contributed by atoms with van der Waals surface area (Å²) in [5.41, 5.74) is 3.34. The van der Waals surface area contributed by atoms with Crippen molar-refractivity contribution in [3.8, 4) is 6.07 Å². The normalized spacial score (nSPS) is 15.1. The highest BCUT2D eigenvalue weighted by atomic mass is 16.1. The molecule has 0 heterocycles. The van der Waals surface area contributed by atoms with Crippen molar-refractivity contribution >= 4 is 12.0 Å². The van der Waals surface area contributed by atoms with E-state index in [2.05, 4.69) is 5.32 Å². The van der Waals surface area contributed by atoms with Gasteiger partial charge in [0.05, 0.1) is 0 Å². The molecule has 0 saturated heterocycles. The highest BCUT2D eigenvalue weighted by Crippen LogP contribution is 2.20. The molecule has 92 valence electrons. The largest absolute Gasteiger partial charge is 0.349 e. The first kappa shape index (κ1) is 12.4. The van der Waals surface area contributed by atoms with E-state index in [0.29, 0.717) is 0 Å². The number of nitrogens with one attached hydrogen (secondary N) is 1. The number of hydrogen-bond donors (Lipinski definition) is 1. The van der Waals surface area contributed by atoms with Gasteiger partial charge in [0.1, 0.15) is 11.6 Å². The van der Waals surface area contributed by atoms with Crippen molar-refractivity contribution in [1.29, 1.82) is 5.26 Å². The zero-order chi connectivity index (χ0) is 13.1. The van der Waals surface area contributed by atoms with Gasteiger partial charge in [0.15, 0.2) is 0 Å². The number of benzene rings is 1. The Morgan fingerprint density at radius 3 is 2.72 bits per heavy atom. The first-order valence-corrected chi connectivity index (χ1v) is 6.10. The Hall–Kier alpha value is -2.08. The fraction of sp³-hybridized carbons (Fsp3) is 0.333. The summed E-state index contributed by atoms with van der Waals surface area (Å²) in [6.45, 7) is 4.00. The molecule has 3 heteroatoms. The number of hydrogen-bond acceptors (Lipinski definition) is 2. The molecular formula is C15H16N2O. The first-order valence-electron chi connectivity index (χ1n) is 6.10. The SMILES string of the molecule is Cc1ccc(/C=C(\C#N)C(=O)NC2CC2)c(C)c1. The number of aryl methyl sites for hydroxylation is 2. The Labute approximate surface area is 107 Å². The molecule has 1 N–H and O–H groups in total. The van der Waals surface area contributed by atoms with E-state index in [-0.39, 0.29) is 17.5 Å². The first-order chi connectivity index (χ1) is 8.60. The van der Waals surface area contributed by atoms with Crippen LogP contribution in [-0.2, 0) is 4.79 Å². The van der Waals surface area contributed by atoms with Crippen LogP contribution in [0.15, 0.2) is 23.8 Å². The molecule has 0 radical (unpaired) electrons. The van der Waals surface area contributed by atoms with Gasteiger partial charge in [-0.2, -0.15) is 5.26 Å². The summed E-state index contributed by atoms with van der Waals surface area (Å²) in [6, 6.07) is 8.20. The third kappa shape index (κ3) is 2.98. The van der Waals surface area contributed by atoms with Crippen LogP contribution in [-0.4, -0.2) is 11.9 Å². The van der Waals surface area contributed by atoms with E-state index in [1.165, 1.54) is 5.56 Å². The molecular weight excluding hydrogens is 224 g/mol. The average molecular weight is 240 g/mol. The minimum Gasteiger partial charge on any atom is -0.349 e. The van der Waals surface area contributed by atoms with Gasteiger partial charge in [0.25, 0.3) is 5.91 Å². The maximum absolute atomic E-state index is 11.8. The smallest absolute Gasteiger partial charge is 0.262 e. The van der Waals surface area contributed by atoms with Crippen molar-refractivity contribution in [3.05, 3.63) is 40.5 Å². The lowest BCUT2D eigenvalue weighted by atomic mass is 10.0. The zero-order valence-corrected chi connectivity index (χ0v) is 10.7. The molecule has 1 aliphatic rings. The van der Waals surface area contributed by atoms with E-state index < -0.39 is 0 Å². The molecule has 1 aliphatic carbocycles. The summed E-state index contributed by atoms with van der Waals surface area (Å²) < 4.78 is 0. The summed E-state index contributed by atoms with van der Waals surface area (Å²) in [7, 11) is 0. The molecule has 18 heavy (non-hydrogen) atoms. The maximum Gasteiger partial charge on any atom is 0.262 e. The van der Waals surface area contributed by atoms with Crippen LogP contribution in [0, 0.1) is 25.2 Å². The van der Waals surface area contributed by atoms with Crippen molar-refractivity contribution in [3.63, 3.8) is 0 Å². The Morgan fingerprint density at radius 1 is 1.44 bits per heavy atom. The Kier molecular flexibility index (Phi) is 3.47. The van der Waals surface area contributed by atoms with Gasteiger partial charge in [0.2, 0.25) is 0 Å². The number of carbonyl (C=O) groups is 1. The number of nitriles is 1. The quantitative estimate of drug-likeness (QED) is 0.652. The average Bonchev–Trinajstić information content (AvgIpc) is 3.12. The zero-order valence-electron chi connectivity index (χ0n) is 10.7. The highest BCUT2D eigenvalue weighted by Gasteiger charge is 2.24. The van der Waals surface area contributed by atoms with Crippen molar-refractivity contribution in [2.45, 2.75) is 32.7 Å². The summed E-state index contributed by atoms with van der Waals surface area (Å²) in [5, 5.41) is 11.9. The fourth-order valence-corrected chi connectivity index (χ4v) is 1.78. The van der Waals surface area contributed by atoms with Crippen molar-refractivity contribution in [1.82, 2.24) is 5.32 Å². The molecule has 2 rings (SSSR count). The monoisotopic (exact) mass is 240 g/mol. The number of carbonyl (C=O) groups excluding carboxylic acids is 1. The second-order valence-electron chi connectivity index (χ2n) is 4.78. The molecule has 0 aliphatic heterocycles. The van der Waals surface area contributed by atoms with Crippen LogP contribution in [0.1, 0.15) is 29.5 Å². The van der Waals surface area contributed by atoms with E-state index in [1.54, 1.807) is 6.08 Å². The molecule has 1 aromatic rings. The van der Waals surface area contributed by atoms with Gasteiger partial charge >= 0.3 is 0 Å². The third-order valence-corrected chi connectivity index (χ3v) is 3.00. The molecule has 0 aromatic heterocycles. The molecule has 0 spiro atoms. The molecule has 1 fully saturated rings. The summed E-state index contributed by atoms with van der Waals surface area (Å²) in [5.74, 6) is -0.264. The van der Waals surface area contributed by atoms with Gasteiger partial charge in [-0.25, -0.2) is 0 Å². The van der Waals surface area contributed by atoms with Gasteiger partial charge in [-0.3, -0.25) is 4.79 Å². The number of rotatable bonds is 3. The van der Waals surface area contributed by atoms with Crippen LogP contribution in [0.5, 0.6) is 0 Å². The minimum absolute atomic E-state index is 0.175. The van der Waals surface area contributed by atoms with Crippen molar-refractivity contribution in [2.75, 3.05) is 0 Å². The van der Waals surface area contributed by atoms with Crippen LogP contribution >= 0.6 is 0 Å². The number of nitrogens with zero attached hydrogens (tertiary/aromatic N) is 1. The lowest BCUT2D eigenvalue weighted by molar-refractivity contribution is -0.117. The fourth-order valence-electron chi connectivity index (χ4n) is 1.78. The predicted octanol–water partition coefficient (Wildman–Crippen LogP) is 2.49. The van der Waals surface area contributed by atoms with Crippen LogP contribution in [0.2, 0.25) is 0 Å².